The number of nitrogens with zero attached hydrogens (tertiary/aromatic N) is 1. The van der Waals surface area contributed by atoms with Crippen LogP contribution in [0.2, 0.25) is 5.02 Å². The van der Waals surface area contributed by atoms with E-state index in [9.17, 15) is 14.7 Å². The Morgan fingerprint density at radius 3 is 2.59 bits per heavy atom. The van der Waals surface area contributed by atoms with Crippen molar-refractivity contribution in [3.8, 4) is 23.0 Å². The van der Waals surface area contributed by atoms with Gasteiger partial charge in [-0.3, -0.25) is 14.5 Å². The highest BCUT2D eigenvalue weighted by Gasteiger charge is 2.35. The van der Waals surface area contributed by atoms with Gasteiger partial charge in [-0.2, -0.15) is 0 Å². The van der Waals surface area contributed by atoms with Gasteiger partial charge in [-0.05, 0) is 60.0 Å². The molecule has 5 rings (SSSR count). The van der Waals surface area contributed by atoms with Gasteiger partial charge in [-0.25, -0.2) is 0 Å². The Morgan fingerprint density at radius 2 is 1.79 bits per heavy atom. The lowest BCUT2D eigenvalue weighted by atomic mass is 9.91. The third-order valence-electron chi connectivity index (χ3n) is 5.61. The van der Waals surface area contributed by atoms with E-state index in [1.165, 1.54) is 4.90 Å². The summed E-state index contributed by atoms with van der Waals surface area (Å²) in [5, 5.41) is 10.3. The van der Waals surface area contributed by atoms with E-state index in [2.05, 4.69) is 0 Å². The zero-order chi connectivity index (χ0) is 23.8. The number of imide groups is 1. The summed E-state index contributed by atoms with van der Waals surface area (Å²) in [6.45, 7) is 2.34. The zero-order valence-electron chi connectivity index (χ0n) is 18.2. The molecular weight excluding hydrogens is 458 g/mol. The van der Waals surface area contributed by atoms with Crippen molar-refractivity contribution >= 4 is 35.1 Å². The second-order valence-electron chi connectivity index (χ2n) is 7.77. The van der Waals surface area contributed by atoms with Crippen LogP contribution in [0.3, 0.4) is 0 Å². The summed E-state index contributed by atoms with van der Waals surface area (Å²) in [5.74, 6) is 0.429. The van der Waals surface area contributed by atoms with Crippen LogP contribution in [0.1, 0.15) is 34.0 Å². The van der Waals surface area contributed by atoms with Crippen molar-refractivity contribution in [2.75, 3.05) is 13.4 Å². The number of phenolic OH excluding ortho intramolecular Hbond substituents is 1. The smallest absolute Gasteiger partial charge is 0.261 e. The quantitative estimate of drug-likeness (QED) is 0.415. The van der Waals surface area contributed by atoms with Crippen LogP contribution >= 0.6 is 11.6 Å². The number of carbonyl (C=O) groups excluding carboxylic acids is 2. The molecule has 3 aromatic rings. The van der Waals surface area contributed by atoms with Gasteiger partial charge in [0.2, 0.25) is 6.79 Å². The number of rotatable bonds is 5. The Morgan fingerprint density at radius 1 is 1.03 bits per heavy atom. The third-order valence-corrected chi connectivity index (χ3v) is 5.90. The standard InChI is InChI=1S/C26H20ClNO6/c1-2-32-23-12-16(10-20(27)24(23)29)9-19-17-5-3-4-6-18(17)25(30)28(26(19)31)13-15-7-8-21-22(11-15)34-14-33-21/h3-12,29H,2,13-14H2,1H3/b19-9+. The average Bonchev–Trinajstić information content (AvgIpc) is 3.31. The largest absolute Gasteiger partial charge is 0.503 e. The molecule has 172 valence electrons. The summed E-state index contributed by atoms with van der Waals surface area (Å²) < 4.78 is 16.2. The third kappa shape index (κ3) is 3.84. The number of carbonyl (C=O) groups is 2. The molecule has 0 saturated carbocycles. The second kappa shape index (κ2) is 8.76. The van der Waals surface area contributed by atoms with Crippen LogP contribution in [0.15, 0.2) is 54.6 Å². The van der Waals surface area contributed by atoms with Gasteiger partial charge >= 0.3 is 0 Å². The minimum Gasteiger partial charge on any atom is -0.503 e. The molecule has 0 unspecified atom stereocenters. The molecule has 2 aliphatic rings. The average molecular weight is 478 g/mol. The number of benzene rings is 3. The van der Waals surface area contributed by atoms with Crippen LogP contribution in [0.5, 0.6) is 23.0 Å². The number of phenols is 1. The van der Waals surface area contributed by atoms with Gasteiger partial charge in [0.15, 0.2) is 23.0 Å². The van der Waals surface area contributed by atoms with Gasteiger partial charge in [0.25, 0.3) is 11.8 Å². The van der Waals surface area contributed by atoms with Gasteiger partial charge in [0, 0.05) is 11.1 Å². The number of fused-ring (bicyclic) bond motifs is 2. The lowest BCUT2D eigenvalue weighted by Crippen LogP contribution is -2.41. The molecule has 2 aliphatic heterocycles. The minimum atomic E-state index is -0.441. The van der Waals surface area contributed by atoms with Crippen LogP contribution in [-0.4, -0.2) is 35.2 Å². The Hall–Kier alpha value is -3.97. The molecule has 0 radical (unpaired) electrons. The molecule has 0 aromatic heterocycles. The van der Waals surface area contributed by atoms with Gasteiger partial charge in [0.1, 0.15) is 0 Å². The first kappa shape index (κ1) is 21.9. The number of ether oxygens (including phenoxy) is 3. The molecule has 0 fully saturated rings. The number of amides is 2. The van der Waals surface area contributed by atoms with Crippen LogP contribution in [-0.2, 0) is 11.3 Å². The maximum atomic E-state index is 13.6. The molecule has 0 atom stereocenters. The van der Waals surface area contributed by atoms with Crippen LogP contribution in [0.25, 0.3) is 11.6 Å². The first-order valence-electron chi connectivity index (χ1n) is 10.7. The number of hydrogen-bond acceptors (Lipinski definition) is 6. The highest BCUT2D eigenvalue weighted by molar-refractivity contribution is 6.34. The molecule has 7 nitrogen and oxygen atoms in total. The molecule has 1 N–H and O–H groups in total. The summed E-state index contributed by atoms with van der Waals surface area (Å²) in [7, 11) is 0. The van der Waals surface area contributed by atoms with Crippen molar-refractivity contribution in [3.05, 3.63) is 81.9 Å². The molecule has 0 saturated heterocycles. The molecule has 8 heteroatoms. The van der Waals surface area contributed by atoms with Gasteiger partial charge in [-0.15, -0.1) is 0 Å². The van der Waals surface area contributed by atoms with Crippen LogP contribution < -0.4 is 14.2 Å². The van der Waals surface area contributed by atoms with Crippen molar-refractivity contribution in [2.24, 2.45) is 0 Å². The topological polar surface area (TPSA) is 85.3 Å². The zero-order valence-corrected chi connectivity index (χ0v) is 19.0. The number of halogens is 1. The van der Waals surface area contributed by atoms with Crippen LogP contribution in [0, 0.1) is 0 Å². The minimum absolute atomic E-state index is 0.0700. The van der Waals surface area contributed by atoms with Crippen molar-refractivity contribution < 1.29 is 28.9 Å². The van der Waals surface area contributed by atoms with Gasteiger partial charge in [0.05, 0.1) is 18.2 Å². The monoisotopic (exact) mass is 477 g/mol. The summed E-state index contributed by atoms with van der Waals surface area (Å²) >= 11 is 6.18. The Bertz CT molecular complexity index is 1350. The normalized spacial score (nSPS) is 15.6. The van der Waals surface area contributed by atoms with Crippen molar-refractivity contribution in [3.63, 3.8) is 0 Å². The fraction of sp³-hybridized carbons (Fsp3) is 0.154. The SMILES string of the molecule is CCOc1cc(/C=C2/C(=O)N(Cc3ccc4c(c3)OCO4)C(=O)c3ccccc32)cc(Cl)c1O. The van der Waals surface area contributed by atoms with Crippen molar-refractivity contribution in [2.45, 2.75) is 13.5 Å². The van der Waals surface area contributed by atoms with E-state index in [0.29, 0.717) is 40.4 Å². The Labute approximate surface area is 200 Å². The second-order valence-corrected chi connectivity index (χ2v) is 8.18. The lowest BCUT2D eigenvalue weighted by Gasteiger charge is -2.29. The maximum Gasteiger partial charge on any atom is 0.261 e. The summed E-state index contributed by atoms with van der Waals surface area (Å²) in [5.41, 5.74) is 2.57. The summed E-state index contributed by atoms with van der Waals surface area (Å²) in [4.78, 5) is 28.0. The fourth-order valence-electron chi connectivity index (χ4n) is 4.02. The molecule has 3 aromatic carbocycles. The molecule has 0 aliphatic carbocycles. The van der Waals surface area contributed by atoms with E-state index in [1.54, 1.807) is 67.6 Å². The van der Waals surface area contributed by atoms with Crippen molar-refractivity contribution in [1.29, 1.82) is 0 Å². The molecule has 2 heterocycles. The first-order chi connectivity index (χ1) is 16.5. The molecule has 2 amide bonds. The molecular formula is C26H20ClNO6. The Kier molecular flexibility index (Phi) is 5.63. The van der Waals surface area contributed by atoms with E-state index in [1.807, 2.05) is 0 Å². The van der Waals surface area contributed by atoms with Crippen LogP contribution in [0.4, 0.5) is 0 Å². The van der Waals surface area contributed by atoms with Crippen molar-refractivity contribution in [1.82, 2.24) is 4.90 Å². The predicted octanol–water partition coefficient (Wildman–Crippen LogP) is 4.90. The van der Waals surface area contributed by atoms with E-state index in [0.717, 1.165) is 5.56 Å². The van der Waals surface area contributed by atoms with E-state index in [-0.39, 0.29) is 35.8 Å². The Balaban J connectivity index is 1.57. The maximum absolute atomic E-state index is 13.6. The molecule has 0 bridgehead atoms. The predicted molar refractivity (Wildman–Crippen MR) is 126 cm³/mol. The van der Waals surface area contributed by atoms with E-state index in [4.69, 9.17) is 25.8 Å². The van der Waals surface area contributed by atoms with Gasteiger partial charge < -0.3 is 19.3 Å². The molecule has 0 spiro atoms. The summed E-state index contributed by atoms with van der Waals surface area (Å²) in [6, 6.07) is 15.4. The van der Waals surface area contributed by atoms with E-state index < -0.39 is 5.91 Å². The number of hydrogen-bond donors (Lipinski definition) is 1. The fourth-order valence-corrected chi connectivity index (χ4v) is 4.24. The molecule has 34 heavy (non-hydrogen) atoms. The lowest BCUT2D eigenvalue weighted by molar-refractivity contribution is -0.123. The highest BCUT2D eigenvalue weighted by Crippen LogP contribution is 2.38. The summed E-state index contributed by atoms with van der Waals surface area (Å²) in [6.07, 6.45) is 1.65. The van der Waals surface area contributed by atoms with Gasteiger partial charge in [-0.1, -0.05) is 35.9 Å². The van der Waals surface area contributed by atoms with E-state index >= 15 is 0 Å². The first-order valence-corrected chi connectivity index (χ1v) is 11.0. The highest BCUT2D eigenvalue weighted by atomic mass is 35.5. The number of aromatic hydroxyl groups is 1.